The zero-order valence-corrected chi connectivity index (χ0v) is 7.97. The Balaban J connectivity index is 2.36. The topological polar surface area (TPSA) is 23.8 Å². The van der Waals surface area contributed by atoms with E-state index in [0.29, 0.717) is 0 Å². The number of rotatable bonds is 1. The Kier molecular flexibility index (Phi) is 2.37. The summed E-state index contributed by atoms with van der Waals surface area (Å²) in [4.78, 5) is 0. The summed E-state index contributed by atoms with van der Waals surface area (Å²) in [6.45, 7) is 0. The second-order valence-electron chi connectivity index (χ2n) is 2.96. The first-order valence-electron chi connectivity index (χ1n) is 4.21. The Bertz CT molecular complexity index is 387. The molecule has 0 bridgehead atoms. The molecule has 1 aliphatic rings. The van der Waals surface area contributed by atoms with Crippen molar-refractivity contribution in [1.29, 1.82) is 5.26 Å². The van der Waals surface area contributed by atoms with Gasteiger partial charge in [-0.1, -0.05) is 12.1 Å². The van der Waals surface area contributed by atoms with E-state index in [0.717, 1.165) is 12.0 Å². The highest BCUT2D eigenvalue weighted by atomic mass is 32.2. The van der Waals surface area contributed by atoms with Gasteiger partial charge in [0.25, 0.3) is 0 Å². The molecule has 0 fully saturated rings. The van der Waals surface area contributed by atoms with E-state index >= 15 is 0 Å². The van der Waals surface area contributed by atoms with Crippen LogP contribution in [0.2, 0.25) is 0 Å². The lowest BCUT2D eigenvalue weighted by Crippen LogP contribution is -1.83. The van der Waals surface area contributed by atoms with Crippen LogP contribution < -0.4 is 0 Å². The minimum Gasteiger partial charge on any atom is -0.192 e. The van der Waals surface area contributed by atoms with E-state index in [-0.39, 0.29) is 0 Å². The van der Waals surface area contributed by atoms with Crippen LogP contribution in [0.4, 0.5) is 0 Å². The Morgan fingerprint density at radius 3 is 3.00 bits per heavy atom. The van der Waals surface area contributed by atoms with Crippen molar-refractivity contribution in [3.05, 3.63) is 40.8 Å². The first-order chi connectivity index (χ1) is 6.40. The van der Waals surface area contributed by atoms with Gasteiger partial charge in [-0.2, -0.15) is 5.26 Å². The highest BCUT2D eigenvalue weighted by Crippen LogP contribution is 2.30. The molecule has 0 spiro atoms. The fraction of sp³-hybridized carbons (Fsp3) is 0.182. The van der Waals surface area contributed by atoms with Gasteiger partial charge in [0.05, 0.1) is 11.6 Å². The van der Waals surface area contributed by atoms with Crippen molar-refractivity contribution >= 4 is 17.3 Å². The predicted octanol–water partition coefficient (Wildman–Crippen LogP) is 3.04. The molecule has 0 saturated carbocycles. The average molecular weight is 187 g/mol. The summed E-state index contributed by atoms with van der Waals surface area (Å²) < 4.78 is 0. The van der Waals surface area contributed by atoms with E-state index < -0.39 is 0 Å². The van der Waals surface area contributed by atoms with Crippen molar-refractivity contribution < 1.29 is 0 Å². The molecule has 0 radical (unpaired) electrons. The van der Waals surface area contributed by atoms with Gasteiger partial charge < -0.3 is 0 Å². The monoisotopic (exact) mass is 187 g/mol. The summed E-state index contributed by atoms with van der Waals surface area (Å²) in [5, 5.41) is 10.9. The Hall–Kier alpha value is -1.20. The van der Waals surface area contributed by atoms with Crippen LogP contribution in [0.25, 0.3) is 5.57 Å². The van der Waals surface area contributed by atoms with Crippen LogP contribution in [0.1, 0.15) is 17.5 Å². The van der Waals surface area contributed by atoms with Gasteiger partial charge in [-0.25, -0.2) is 0 Å². The number of benzene rings is 1. The second-order valence-corrected chi connectivity index (χ2v) is 3.93. The number of thioether (sulfide) groups is 1. The molecule has 0 N–H and O–H groups in total. The van der Waals surface area contributed by atoms with Gasteiger partial charge in [0, 0.05) is 5.75 Å². The number of allylic oxidation sites excluding steroid dienone is 1. The second kappa shape index (κ2) is 3.68. The fourth-order valence-electron chi connectivity index (χ4n) is 1.39. The molecule has 1 aromatic carbocycles. The Labute approximate surface area is 82.1 Å². The molecule has 0 aromatic heterocycles. The lowest BCUT2D eigenvalue weighted by Gasteiger charge is -2.00. The third-order valence-electron chi connectivity index (χ3n) is 2.08. The van der Waals surface area contributed by atoms with Crippen molar-refractivity contribution in [2.45, 2.75) is 6.42 Å². The third-order valence-corrected chi connectivity index (χ3v) is 2.97. The van der Waals surface area contributed by atoms with E-state index in [1.54, 1.807) is 0 Å². The summed E-state index contributed by atoms with van der Waals surface area (Å²) in [7, 11) is 0. The van der Waals surface area contributed by atoms with Crippen LogP contribution in [0, 0.1) is 11.3 Å². The van der Waals surface area contributed by atoms with E-state index in [9.17, 15) is 0 Å². The van der Waals surface area contributed by atoms with E-state index in [2.05, 4.69) is 17.5 Å². The first-order valence-corrected chi connectivity index (χ1v) is 5.26. The van der Waals surface area contributed by atoms with Crippen LogP contribution in [0.5, 0.6) is 0 Å². The molecule has 1 nitrogen and oxygen atoms in total. The van der Waals surface area contributed by atoms with Crippen molar-refractivity contribution in [3.8, 4) is 6.07 Å². The molecule has 1 aromatic rings. The predicted molar refractivity (Wildman–Crippen MR) is 56.2 cm³/mol. The lowest BCUT2D eigenvalue weighted by atomic mass is 10.0. The molecule has 64 valence electrons. The number of hydrogen-bond acceptors (Lipinski definition) is 2. The molecular formula is C11H9NS. The zero-order chi connectivity index (χ0) is 9.10. The standard InChI is InChI=1S/C11H9NS/c12-7-9-2-1-3-10(6-9)11-4-5-13-8-11/h1-3,6,8H,4-5H2. The van der Waals surface area contributed by atoms with Gasteiger partial charge in [0.1, 0.15) is 0 Å². The molecule has 2 heteroatoms. The van der Waals surface area contributed by atoms with Crippen molar-refractivity contribution in [2.24, 2.45) is 0 Å². The molecule has 1 heterocycles. The summed E-state index contributed by atoms with van der Waals surface area (Å²) in [6, 6.07) is 9.96. The van der Waals surface area contributed by atoms with Crippen molar-refractivity contribution in [2.75, 3.05) is 5.75 Å². The molecule has 0 saturated heterocycles. The minimum absolute atomic E-state index is 0.746. The maximum atomic E-state index is 8.73. The van der Waals surface area contributed by atoms with Crippen LogP contribution in [-0.2, 0) is 0 Å². The first kappa shape index (κ1) is 8.40. The molecular weight excluding hydrogens is 178 g/mol. The largest absolute Gasteiger partial charge is 0.192 e. The average Bonchev–Trinajstić information content (AvgIpc) is 2.71. The van der Waals surface area contributed by atoms with E-state index in [1.165, 1.54) is 16.9 Å². The van der Waals surface area contributed by atoms with Crippen molar-refractivity contribution in [1.82, 2.24) is 0 Å². The van der Waals surface area contributed by atoms with Gasteiger partial charge >= 0.3 is 0 Å². The van der Waals surface area contributed by atoms with Gasteiger partial charge in [-0.3, -0.25) is 0 Å². The van der Waals surface area contributed by atoms with Gasteiger partial charge in [0.15, 0.2) is 0 Å². The highest BCUT2D eigenvalue weighted by Gasteiger charge is 2.07. The van der Waals surface area contributed by atoms with Crippen LogP contribution >= 0.6 is 11.8 Å². The van der Waals surface area contributed by atoms with Gasteiger partial charge in [-0.05, 0) is 35.1 Å². The van der Waals surface area contributed by atoms with Crippen LogP contribution in [-0.4, -0.2) is 5.75 Å². The Morgan fingerprint density at radius 2 is 2.31 bits per heavy atom. The summed E-state index contributed by atoms with van der Waals surface area (Å²) in [5.41, 5.74) is 3.31. The molecule has 13 heavy (non-hydrogen) atoms. The van der Waals surface area contributed by atoms with Crippen molar-refractivity contribution in [3.63, 3.8) is 0 Å². The molecule has 1 aliphatic heterocycles. The molecule has 0 atom stereocenters. The zero-order valence-electron chi connectivity index (χ0n) is 7.16. The number of nitriles is 1. The minimum atomic E-state index is 0.746. The fourth-order valence-corrected chi connectivity index (χ4v) is 2.30. The Morgan fingerprint density at radius 1 is 1.38 bits per heavy atom. The molecule has 0 aliphatic carbocycles. The quantitative estimate of drug-likeness (QED) is 0.674. The lowest BCUT2D eigenvalue weighted by molar-refractivity contribution is 1.28. The highest BCUT2D eigenvalue weighted by molar-refractivity contribution is 8.02. The molecule has 0 unspecified atom stereocenters. The smallest absolute Gasteiger partial charge is 0.0991 e. The van der Waals surface area contributed by atoms with Gasteiger partial charge in [-0.15, -0.1) is 11.8 Å². The summed E-state index contributed by atoms with van der Waals surface area (Å²) in [6.07, 6.45) is 1.12. The SMILES string of the molecule is N#Cc1cccc(C2=CSCC2)c1. The van der Waals surface area contributed by atoms with Crippen LogP contribution in [0.15, 0.2) is 29.7 Å². The summed E-state index contributed by atoms with van der Waals surface area (Å²) in [5.74, 6) is 1.17. The molecule has 0 amide bonds. The van der Waals surface area contributed by atoms with E-state index in [1.807, 2.05) is 30.0 Å². The molecule has 2 rings (SSSR count). The maximum absolute atomic E-state index is 8.73. The normalized spacial score (nSPS) is 15.2. The number of hydrogen-bond donors (Lipinski definition) is 0. The van der Waals surface area contributed by atoms with E-state index in [4.69, 9.17) is 5.26 Å². The maximum Gasteiger partial charge on any atom is 0.0991 e. The van der Waals surface area contributed by atoms with Crippen LogP contribution in [0.3, 0.4) is 0 Å². The van der Waals surface area contributed by atoms with Gasteiger partial charge in [0.2, 0.25) is 0 Å². The summed E-state index contributed by atoms with van der Waals surface area (Å²) >= 11 is 1.85. The number of nitrogens with zero attached hydrogens (tertiary/aromatic N) is 1. The third kappa shape index (κ3) is 1.76.